The Bertz CT molecular complexity index is 895. The Balaban J connectivity index is 2.09. The highest BCUT2D eigenvalue weighted by Gasteiger charge is 2.05. The van der Waals surface area contributed by atoms with Gasteiger partial charge in [0.15, 0.2) is 0 Å². The highest BCUT2D eigenvalue weighted by Crippen LogP contribution is 2.29. The predicted molar refractivity (Wildman–Crippen MR) is 83.5 cm³/mol. The first-order chi connectivity index (χ1) is 9.92. The second-order valence-electron chi connectivity index (χ2n) is 4.84. The molecule has 1 nitrogen and oxygen atoms in total. The Morgan fingerprint density at radius 2 is 1.55 bits per heavy atom. The number of para-hydroxylation sites is 1. The van der Waals surface area contributed by atoms with Crippen molar-refractivity contribution >= 4 is 21.8 Å². The molecule has 93 valence electrons. The maximum absolute atomic E-state index is 4.76. The predicted octanol–water partition coefficient (Wildman–Crippen LogP) is 4.86. The Kier molecular flexibility index (Phi) is 2.49. The normalized spacial score (nSPS) is 11.0. The van der Waals surface area contributed by atoms with Gasteiger partial charge in [-0.25, -0.2) is 4.98 Å². The van der Waals surface area contributed by atoms with Crippen molar-refractivity contribution in [3.63, 3.8) is 0 Å². The summed E-state index contributed by atoms with van der Waals surface area (Å²) < 4.78 is 0. The number of benzene rings is 3. The Morgan fingerprint density at radius 1 is 0.750 bits per heavy atom. The van der Waals surface area contributed by atoms with Crippen LogP contribution in [-0.4, -0.2) is 4.98 Å². The lowest BCUT2D eigenvalue weighted by Gasteiger charge is -2.07. The highest BCUT2D eigenvalue weighted by molar-refractivity contribution is 6.00. The van der Waals surface area contributed by atoms with E-state index in [-0.39, 0.29) is 0 Å². The molecule has 0 spiro atoms. The van der Waals surface area contributed by atoms with Gasteiger partial charge in [0.1, 0.15) is 0 Å². The van der Waals surface area contributed by atoms with E-state index in [2.05, 4.69) is 60.7 Å². The first-order valence-corrected chi connectivity index (χ1v) is 6.67. The lowest BCUT2D eigenvalue weighted by molar-refractivity contribution is 1.49. The van der Waals surface area contributed by atoms with Gasteiger partial charge < -0.3 is 0 Å². The number of pyridine rings is 1. The summed E-state index contributed by atoms with van der Waals surface area (Å²) in [5.74, 6) is 0. The number of aromatic nitrogens is 1. The van der Waals surface area contributed by atoms with E-state index in [1.165, 1.54) is 21.9 Å². The Labute approximate surface area is 117 Å². The molecule has 4 rings (SSSR count). The van der Waals surface area contributed by atoms with Gasteiger partial charge in [0, 0.05) is 10.8 Å². The molecule has 0 aliphatic carbocycles. The fourth-order valence-corrected chi connectivity index (χ4v) is 2.62. The summed E-state index contributed by atoms with van der Waals surface area (Å²) in [6.45, 7) is 0. The van der Waals surface area contributed by atoms with Crippen molar-refractivity contribution in [2.75, 3.05) is 0 Å². The van der Waals surface area contributed by atoms with Crippen molar-refractivity contribution in [2.24, 2.45) is 0 Å². The van der Waals surface area contributed by atoms with Gasteiger partial charge in [-0.1, -0.05) is 54.6 Å². The molecule has 4 aromatic rings. The van der Waals surface area contributed by atoms with Crippen LogP contribution in [-0.2, 0) is 0 Å². The smallest absolute Gasteiger partial charge is 0.0715 e. The molecule has 0 aliphatic rings. The van der Waals surface area contributed by atoms with Gasteiger partial charge in [0.25, 0.3) is 0 Å². The summed E-state index contributed by atoms with van der Waals surface area (Å²) in [6.07, 6.45) is 0. The van der Waals surface area contributed by atoms with Gasteiger partial charge in [-0.2, -0.15) is 0 Å². The maximum Gasteiger partial charge on any atom is 0.0715 e. The fourth-order valence-electron chi connectivity index (χ4n) is 2.62. The number of nitrogens with zero attached hydrogens (tertiary/aromatic N) is 1. The topological polar surface area (TPSA) is 12.9 Å². The first-order valence-electron chi connectivity index (χ1n) is 6.67. The van der Waals surface area contributed by atoms with Crippen molar-refractivity contribution in [2.45, 2.75) is 0 Å². The van der Waals surface area contributed by atoms with Crippen molar-refractivity contribution in [3.8, 4) is 11.1 Å². The van der Waals surface area contributed by atoms with Crippen LogP contribution in [0, 0.1) is 6.07 Å². The average Bonchev–Trinajstić information content (AvgIpc) is 2.53. The molecule has 0 N–H and O–H groups in total. The van der Waals surface area contributed by atoms with Gasteiger partial charge in [-0.15, -0.1) is 0 Å². The summed E-state index contributed by atoms with van der Waals surface area (Å²) in [7, 11) is 0. The van der Waals surface area contributed by atoms with Crippen molar-refractivity contribution in [1.29, 1.82) is 0 Å². The standard InChI is InChI=1S/C19H12N/c1-2-7-14(8-3-1)16-10-6-12-19-17(16)13-15-9-4-5-11-18(15)20-19/h2-13H. The van der Waals surface area contributed by atoms with Crippen LogP contribution < -0.4 is 0 Å². The molecule has 0 unspecified atom stereocenters. The summed E-state index contributed by atoms with van der Waals surface area (Å²) in [4.78, 5) is 4.76. The van der Waals surface area contributed by atoms with E-state index in [9.17, 15) is 0 Å². The number of fused-ring (bicyclic) bond motifs is 2. The van der Waals surface area contributed by atoms with E-state index in [4.69, 9.17) is 4.98 Å². The van der Waals surface area contributed by atoms with Crippen LogP contribution in [0.1, 0.15) is 0 Å². The van der Waals surface area contributed by atoms with Gasteiger partial charge in [0.05, 0.1) is 11.0 Å². The molecule has 0 aliphatic heterocycles. The molecular formula is C19H12N. The lowest BCUT2D eigenvalue weighted by atomic mass is 9.99. The zero-order valence-corrected chi connectivity index (χ0v) is 10.9. The van der Waals surface area contributed by atoms with Crippen LogP contribution >= 0.6 is 0 Å². The van der Waals surface area contributed by atoms with E-state index in [0.717, 1.165) is 11.0 Å². The molecular weight excluding hydrogens is 242 g/mol. The third-order valence-electron chi connectivity index (χ3n) is 3.59. The summed E-state index contributed by atoms with van der Waals surface area (Å²) in [5, 5.41) is 2.37. The molecule has 1 heteroatoms. The van der Waals surface area contributed by atoms with Crippen molar-refractivity contribution in [1.82, 2.24) is 4.98 Å². The molecule has 0 fully saturated rings. The minimum Gasteiger partial charge on any atom is -0.248 e. The zero-order chi connectivity index (χ0) is 13.4. The molecule has 0 saturated carbocycles. The molecule has 0 saturated heterocycles. The van der Waals surface area contributed by atoms with E-state index in [1.54, 1.807) is 0 Å². The third kappa shape index (κ3) is 1.76. The van der Waals surface area contributed by atoms with E-state index in [1.807, 2.05) is 18.2 Å². The van der Waals surface area contributed by atoms with E-state index < -0.39 is 0 Å². The summed E-state index contributed by atoms with van der Waals surface area (Å²) in [6, 6.07) is 27.9. The molecule has 0 atom stereocenters. The van der Waals surface area contributed by atoms with Crippen LogP contribution in [0.25, 0.3) is 32.9 Å². The molecule has 1 heterocycles. The van der Waals surface area contributed by atoms with Crippen LogP contribution in [0.4, 0.5) is 0 Å². The van der Waals surface area contributed by atoms with Crippen LogP contribution in [0.3, 0.4) is 0 Å². The Morgan fingerprint density at radius 3 is 2.45 bits per heavy atom. The van der Waals surface area contributed by atoms with Crippen molar-refractivity contribution < 1.29 is 0 Å². The highest BCUT2D eigenvalue weighted by atomic mass is 14.7. The largest absolute Gasteiger partial charge is 0.248 e. The number of hydrogen-bond donors (Lipinski definition) is 0. The fraction of sp³-hybridized carbons (Fsp3) is 0. The van der Waals surface area contributed by atoms with Crippen LogP contribution in [0.5, 0.6) is 0 Å². The SMILES string of the molecule is [c]1ccc(-c2cccc3nc4ccccc4cc23)cc1. The molecule has 1 radical (unpaired) electrons. The number of hydrogen-bond acceptors (Lipinski definition) is 1. The minimum absolute atomic E-state index is 1.04. The molecule has 0 amide bonds. The van der Waals surface area contributed by atoms with E-state index >= 15 is 0 Å². The van der Waals surface area contributed by atoms with Crippen molar-refractivity contribution in [3.05, 3.63) is 78.9 Å². The van der Waals surface area contributed by atoms with Gasteiger partial charge in [-0.3, -0.25) is 0 Å². The maximum atomic E-state index is 4.76. The van der Waals surface area contributed by atoms with Gasteiger partial charge in [0.2, 0.25) is 0 Å². The second kappa shape index (κ2) is 4.46. The minimum atomic E-state index is 1.04. The molecule has 1 aromatic heterocycles. The summed E-state index contributed by atoms with van der Waals surface area (Å²) in [5.41, 5.74) is 4.49. The third-order valence-corrected chi connectivity index (χ3v) is 3.59. The van der Waals surface area contributed by atoms with Gasteiger partial charge in [-0.05, 0) is 35.4 Å². The van der Waals surface area contributed by atoms with E-state index in [0.29, 0.717) is 0 Å². The number of rotatable bonds is 1. The molecule has 3 aromatic carbocycles. The van der Waals surface area contributed by atoms with Crippen LogP contribution in [0.15, 0.2) is 72.8 Å². The first kappa shape index (κ1) is 11.2. The quantitative estimate of drug-likeness (QED) is 0.442. The molecule has 0 bridgehead atoms. The lowest BCUT2D eigenvalue weighted by Crippen LogP contribution is -1.85. The summed E-state index contributed by atoms with van der Waals surface area (Å²) >= 11 is 0. The monoisotopic (exact) mass is 254 g/mol. The average molecular weight is 254 g/mol. The van der Waals surface area contributed by atoms with Crippen LogP contribution in [0.2, 0.25) is 0 Å². The zero-order valence-electron chi connectivity index (χ0n) is 10.9. The Hall–Kier alpha value is -2.67. The van der Waals surface area contributed by atoms with Gasteiger partial charge >= 0.3 is 0 Å². The molecule has 20 heavy (non-hydrogen) atoms. The second-order valence-corrected chi connectivity index (χ2v) is 4.84.